The van der Waals surface area contributed by atoms with E-state index in [1.54, 1.807) is 0 Å². The molecule has 0 saturated heterocycles. The molecule has 2 atom stereocenters. The van der Waals surface area contributed by atoms with Crippen LogP contribution in [-0.4, -0.2) is 24.3 Å². The number of carbonyl (C=O) groups excluding carboxylic acids is 1. The molecule has 0 spiro atoms. The van der Waals surface area contributed by atoms with Crippen molar-refractivity contribution in [2.75, 3.05) is 11.9 Å². The summed E-state index contributed by atoms with van der Waals surface area (Å²) in [6, 6.07) is 14.7. The second kappa shape index (κ2) is 12.2. The van der Waals surface area contributed by atoms with Crippen molar-refractivity contribution in [1.29, 1.82) is 0 Å². The van der Waals surface area contributed by atoms with E-state index in [4.69, 9.17) is 14.2 Å². The van der Waals surface area contributed by atoms with Gasteiger partial charge in [-0.2, -0.15) is 0 Å². The zero-order chi connectivity index (χ0) is 26.4. The Bertz CT molecular complexity index is 1080. The van der Waals surface area contributed by atoms with E-state index in [-0.39, 0.29) is 5.97 Å². The first kappa shape index (κ1) is 27.3. The van der Waals surface area contributed by atoms with Gasteiger partial charge < -0.3 is 19.5 Å². The van der Waals surface area contributed by atoms with Crippen LogP contribution in [0.15, 0.2) is 54.1 Å². The predicted molar refractivity (Wildman–Crippen MR) is 149 cm³/mol. The van der Waals surface area contributed by atoms with Crippen molar-refractivity contribution in [3.63, 3.8) is 0 Å². The van der Waals surface area contributed by atoms with Crippen molar-refractivity contribution in [3.05, 3.63) is 70.8 Å². The lowest BCUT2D eigenvalue weighted by Gasteiger charge is -2.43. The van der Waals surface area contributed by atoms with E-state index >= 15 is 0 Å². The van der Waals surface area contributed by atoms with E-state index in [9.17, 15) is 4.79 Å². The summed E-state index contributed by atoms with van der Waals surface area (Å²) in [5, 5.41) is 3.53. The van der Waals surface area contributed by atoms with Crippen molar-refractivity contribution in [3.8, 4) is 5.75 Å². The quantitative estimate of drug-likeness (QED) is 0.280. The Morgan fingerprint density at radius 3 is 2.51 bits per heavy atom. The van der Waals surface area contributed by atoms with E-state index in [1.165, 1.54) is 49.3 Å². The third-order valence-electron chi connectivity index (χ3n) is 7.46. The van der Waals surface area contributed by atoms with Gasteiger partial charge in [0, 0.05) is 30.5 Å². The van der Waals surface area contributed by atoms with Crippen LogP contribution in [0.4, 0.5) is 5.69 Å². The first-order chi connectivity index (χ1) is 17.7. The topological polar surface area (TPSA) is 56.8 Å². The lowest BCUT2D eigenvalue weighted by molar-refractivity contribution is -0.180. The zero-order valence-electron chi connectivity index (χ0n) is 23.1. The van der Waals surface area contributed by atoms with Crippen molar-refractivity contribution >= 4 is 11.7 Å². The third-order valence-corrected chi connectivity index (χ3v) is 7.46. The molecule has 1 heterocycles. The molecule has 2 unspecified atom stereocenters. The number of esters is 1. The molecule has 5 heteroatoms. The number of hydrogen-bond acceptors (Lipinski definition) is 5. The van der Waals surface area contributed by atoms with Crippen molar-refractivity contribution < 1.29 is 19.0 Å². The fourth-order valence-corrected chi connectivity index (χ4v) is 5.37. The fourth-order valence-electron chi connectivity index (χ4n) is 5.37. The number of carbonyl (C=O) groups is 1. The standard InChI is InChI=1S/C32H43NO4/c1-22(2)19-29(34)36-31-30(35-18-17-24-9-7-6-8-10-24)27-20-26(15-16-28(27)37-32(31,4)5)33-21-25-13-11-23(3)12-14-25/h11-16,19-20,24,30-31,33H,6-10,17-18,21H2,1-5H3. The molecule has 1 aliphatic heterocycles. The monoisotopic (exact) mass is 505 g/mol. The van der Waals surface area contributed by atoms with Crippen molar-refractivity contribution in [1.82, 2.24) is 0 Å². The van der Waals surface area contributed by atoms with Gasteiger partial charge in [0.2, 0.25) is 0 Å². The summed E-state index contributed by atoms with van der Waals surface area (Å²) >= 11 is 0. The normalized spacial score (nSPS) is 20.9. The summed E-state index contributed by atoms with van der Waals surface area (Å²) < 4.78 is 19.0. The van der Waals surface area contributed by atoms with Gasteiger partial charge in [-0.05, 0) is 70.7 Å². The fraction of sp³-hybridized carbons (Fsp3) is 0.531. The minimum Gasteiger partial charge on any atom is -0.483 e. The van der Waals surface area contributed by atoms with Crippen LogP contribution in [0.5, 0.6) is 5.75 Å². The van der Waals surface area contributed by atoms with Crippen LogP contribution in [0.3, 0.4) is 0 Å². The maximum Gasteiger partial charge on any atom is 0.331 e. The number of rotatable bonds is 9. The van der Waals surface area contributed by atoms with Gasteiger partial charge in [-0.1, -0.05) is 67.5 Å². The largest absolute Gasteiger partial charge is 0.483 e. The summed E-state index contributed by atoms with van der Waals surface area (Å²) in [5.74, 6) is 1.14. The molecule has 200 valence electrons. The highest BCUT2D eigenvalue weighted by molar-refractivity contribution is 5.83. The van der Waals surface area contributed by atoms with Gasteiger partial charge in [0.1, 0.15) is 17.5 Å². The van der Waals surface area contributed by atoms with Crippen LogP contribution in [0, 0.1) is 12.8 Å². The van der Waals surface area contributed by atoms with Crippen molar-refractivity contribution in [2.24, 2.45) is 5.92 Å². The number of nitrogens with one attached hydrogen (secondary N) is 1. The predicted octanol–water partition coefficient (Wildman–Crippen LogP) is 7.68. The van der Waals surface area contributed by atoms with Gasteiger partial charge in [0.15, 0.2) is 6.10 Å². The summed E-state index contributed by atoms with van der Waals surface area (Å²) in [6.07, 6.45) is 8.14. The highest BCUT2D eigenvalue weighted by atomic mass is 16.6. The van der Waals surface area contributed by atoms with E-state index in [0.29, 0.717) is 6.61 Å². The van der Waals surface area contributed by atoms with Gasteiger partial charge in [-0.3, -0.25) is 0 Å². The Hall–Kier alpha value is -2.79. The molecule has 0 bridgehead atoms. The number of aryl methyl sites for hydroxylation is 1. The Balaban J connectivity index is 1.56. The minimum atomic E-state index is -0.732. The van der Waals surface area contributed by atoms with E-state index in [1.807, 2.05) is 39.8 Å². The molecular weight excluding hydrogens is 462 g/mol. The Kier molecular flexibility index (Phi) is 8.96. The Morgan fingerprint density at radius 2 is 1.81 bits per heavy atom. The second-order valence-corrected chi connectivity index (χ2v) is 11.5. The summed E-state index contributed by atoms with van der Waals surface area (Å²) in [5.41, 5.74) is 4.54. The molecule has 1 saturated carbocycles. The summed E-state index contributed by atoms with van der Waals surface area (Å²) in [6.45, 7) is 11.2. The summed E-state index contributed by atoms with van der Waals surface area (Å²) in [4.78, 5) is 12.7. The summed E-state index contributed by atoms with van der Waals surface area (Å²) in [7, 11) is 0. The molecule has 0 amide bonds. The van der Waals surface area contributed by atoms with E-state index in [2.05, 4.69) is 42.6 Å². The molecule has 2 aliphatic rings. The van der Waals surface area contributed by atoms with Gasteiger partial charge in [0.05, 0.1) is 0 Å². The minimum absolute atomic E-state index is 0.361. The molecule has 1 fully saturated rings. The molecule has 1 aliphatic carbocycles. The first-order valence-corrected chi connectivity index (χ1v) is 13.8. The number of allylic oxidation sites excluding steroid dienone is 1. The Labute approximate surface area is 222 Å². The molecule has 5 nitrogen and oxygen atoms in total. The zero-order valence-corrected chi connectivity index (χ0v) is 23.1. The molecule has 4 rings (SSSR count). The third kappa shape index (κ3) is 7.38. The molecule has 2 aromatic rings. The second-order valence-electron chi connectivity index (χ2n) is 11.5. The first-order valence-electron chi connectivity index (χ1n) is 13.8. The van der Waals surface area contributed by atoms with E-state index < -0.39 is 17.8 Å². The molecule has 37 heavy (non-hydrogen) atoms. The lowest BCUT2D eigenvalue weighted by atomic mass is 9.86. The average Bonchev–Trinajstić information content (AvgIpc) is 2.85. The van der Waals surface area contributed by atoms with Crippen LogP contribution in [0.25, 0.3) is 0 Å². The molecule has 0 radical (unpaired) electrons. The smallest absolute Gasteiger partial charge is 0.331 e. The van der Waals surface area contributed by atoms with Crippen LogP contribution in [-0.2, 0) is 20.8 Å². The highest BCUT2D eigenvalue weighted by Crippen LogP contribution is 2.45. The van der Waals surface area contributed by atoms with E-state index in [0.717, 1.165) is 41.5 Å². The van der Waals surface area contributed by atoms with Gasteiger partial charge in [-0.15, -0.1) is 0 Å². The number of anilines is 1. The number of benzene rings is 2. The highest BCUT2D eigenvalue weighted by Gasteiger charge is 2.47. The van der Waals surface area contributed by atoms with Gasteiger partial charge >= 0.3 is 5.97 Å². The van der Waals surface area contributed by atoms with Crippen molar-refractivity contribution in [2.45, 2.75) is 97.5 Å². The maximum atomic E-state index is 12.7. The number of ether oxygens (including phenoxy) is 3. The molecule has 0 aromatic heterocycles. The lowest BCUT2D eigenvalue weighted by Crippen LogP contribution is -2.51. The molecule has 1 N–H and O–H groups in total. The van der Waals surface area contributed by atoms with Gasteiger partial charge in [-0.25, -0.2) is 4.79 Å². The Morgan fingerprint density at radius 1 is 1.08 bits per heavy atom. The molecular formula is C32H43NO4. The SMILES string of the molecule is CC(C)=CC(=O)OC1C(OCCC2CCCCC2)c2cc(NCc3ccc(C)cc3)ccc2OC1(C)C. The van der Waals surface area contributed by atoms with Gasteiger partial charge in [0.25, 0.3) is 0 Å². The number of hydrogen-bond donors (Lipinski definition) is 1. The van der Waals surface area contributed by atoms with Crippen LogP contribution >= 0.6 is 0 Å². The van der Waals surface area contributed by atoms with Crippen LogP contribution < -0.4 is 10.1 Å². The van der Waals surface area contributed by atoms with Crippen LogP contribution in [0.1, 0.15) is 89.0 Å². The molecule has 2 aromatic carbocycles. The average molecular weight is 506 g/mol. The number of fused-ring (bicyclic) bond motifs is 1. The van der Waals surface area contributed by atoms with Crippen LogP contribution in [0.2, 0.25) is 0 Å². The maximum absolute atomic E-state index is 12.7.